The zero-order valence-corrected chi connectivity index (χ0v) is 13.3. The van der Waals surface area contributed by atoms with Crippen LogP contribution < -0.4 is 5.32 Å². The number of thiazole rings is 1. The van der Waals surface area contributed by atoms with Gasteiger partial charge in [-0.15, -0.1) is 11.3 Å². The molecule has 1 aliphatic rings. The van der Waals surface area contributed by atoms with Crippen molar-refractivity contribution < 1.29 is 18.8 Å². The number of anilines is 1. The molecule has 0 unspecified atom stereocenters. The van der Waals surface area contributed by atoms with Gasteiger partial charge in [-0.2, -0.15) is 0 Å². The minimum Gasteiger partial charge on any atom is -0.438 e. The van der Waals surface area contributed by atoms with E-state index in [1.54, 1.807) is 36.4 Å². The molecule has 0 spiro atoms. The average molecular weight is 338 g/mol. The van der Waals surface area contributed by atoms with E-state index in [9.17, 15) is 14.4 Å². The van der Waals surface area contributed by atoms with Crippen molar-refractivity contribution in [2.24, 2.45) is 0 Å². The van der Waals surface area contributed by atoms with E-state index in [4.69, 9.17) is 4.42 Å². The Hall–Kier alpha value is -3.06. The molecule has 0 aliphatic heterocycles. The summed E-state index contributed by atoms with van der Waals surface area (Å²) in [6.45, 7) is 1.37. The van der Waals surface area contributed by atoms with Gasteiger partial charge in [-0.1, -0.05) is 24.3 Å². The van der Waals surface area contributed by atoms with Crippen LogP contribution in [0.15, 0.2) is 40.8 Å². The summed E-state index contributed by atoms with van der Waals surface area (Å²) in [7, 11) is 0. The standard InChI is InChI=1S/C17H10N2O4S/c1-8(20)18-12-7-6-11(23-12)17-19-13-14(21)9-4-2-3-5-10(9)15(22)16(13)24-17/h2-7H,1H3,(H,18,20). The number of carbonyl (C=O) groups excluding carboxylic acids is 3. The maximum atomic E-state index is 12.6. The molecule has 24 heavy (non-hydrogen) atoms. The van der Waals surface area contributed by atoms with Gasteiger partial charge in [-0.05, 0) is 6.07 Å². The minimum atomic E-state index is -0.267. The van der Waals surface area contributed by atoms with E-state index >= 15 is 0 Å². The fraction of sp³-hybridized carbons (Fsp3) is 0.0588. The molecule has 2 aromatic heterocycles. The van der Waals surface area contributed by atoms with E-state index in [2.05, 4.69) is 10.3 Å². The van der Waals surface area contributed by atoms with Crippen molar-refractivity contribution in [3.63, 3.8) is 0 Å². The van der Waals surface area contributed by atoms with Crippen LogP contribution in [0.25, 0.3) is 10.8 Å². The summed E-state index contributed by atoms with van der Waals surface area (Å²) in [6.07, 6.45) is 0. The second kappa shape index (κ2) is 5.24. The average Bonchev–Trinajstić information content (AvgIpc) is 3.19. The van der Waals surface area contributed by atoms with Crippen LogP contribution in [0.4, 0.5) is 5.88 Å². The van der Waals surface area contributed by atoms with Crippen LogP contribution in [-0.2, 0) is 4.79 Å². The molecule has 0 bridgehead atoms. The Morgan fingerprint density at radius 1 is 1.08 bits per heavy atom. The molecule has 1 amide bonds. The third-order valence-electron chi connectivity index (χ3n) is 3.58. The number of nitrogens with one attached hydrogen (secondary N) is 1. The van der Waals surface area contributed by atoms with Crippen molar-refractivity contribution >= 4 is 34.7 Å². The first-order valence-corrected chi connectivity index (χ1v) is 7.93. The van der Waals surface area contributed by atoms with Crippen molar-refractivity contribution in [1.82, 2.24) is 4.98 Å². The quantitative estimate of drug-likeness (QED) is 0.606. The van der Waals surface area contributed by atoms with Gasteiger partial charge >= 0.3 is 0 Å². The molecule has 0 atom stereocenters. The van der Waals surface area contributed by atoms with Gasteiger partial charge in [0.25, 0.3) is 0 Å². The molecule has 1 aromatic carbocycles. The summed E-state index contributed by atoms with van der Waals surface area (Å²) in [6, 6.07) is 9.93. The van der Waals surface area contributed by atoms with Gasteiger partial charge in [0.15, 0.2) is 16.7 Å². The molecule has 0 saturated heterocycles. The van der Waals surface area contributed by atoms with Crippen LogP contribution in [0.5, 0.6) is 0 Å². The molecule has 2 heterocycles. The number of aromatic nitrogens is 1. The molecule has 6 nitrogen and oxygen atoms in total. The number of nitrogens with zero attached hydrogens (tertiary/aromatic N) is 1. The van der Waals surface area contributed by atoms with Crippen LogP contribution in [0.2, 0.25) is 0 Å². The van der Waals surface area contributed by atoms with Crippen LogP contribution in [-0.4, -0.2) is 22.5 Å². The molecule has 1 N–H and O–H groups in total. The lowest BCUT2D eigenvalue weighted by atomic mass is 9.91. The Balaban J connectivity index is 1.77. The normalized spacial score (nSPS) is 12.7. The number of hydrogen-bond donors (Lipinski definition) is 1. The number of fused-ring (bicyclic) bond motifs is 2. The lowest BCUT2D eigenvalue weighted by molar-refractivity contribution is -0.114. The Bertz CT molecular complexity index is 963. The number of hydrogen-bond acceptors (Lipinski definition) is 6. The van der Waals surface area contributed by atoms with Crippen LogP contribution in [0.3, 0.4) is 0 Å². The fourth-order valence-electron chi connectivity index (χ4n) is 2.56. The third kappa shape index (κ3) is 2.17. The van der Waals surface area contributed by atoms with E-state index in [0.29, 0.717) is 26.8 Å². The molecular weight excluding hydrogens is 328 g/mol. The Morgan fingerprint density at radius 3 is 2.50 bits per heavy atom. The van der Waals surface area contributed by atoms with E-state index in [-0.39, 0.29) is 29.1 Å². The minimum absolute atomic E-state index is 0.149. The number of benzene rings is 1. The zero-order chi connectivity index (χ0) is 16.8. The molecule has 0 fully saturated rings. The number of furan rings is 1. The number of rotatable bonds is 2. The molecule has 3 aromatic rings. The highest BCUT2D eigenvalue weighted by molar-refractivity contribution is 7.17. The number of carbonyl (C=O) groups is 3. The molecular formula is C17H10N2O4S. The van der Waals surface area contributed by atoms with Gasteiger partial charge in [0.1, 0.15) is 10.6 Å². The third-order valence-corrected chi connectivity index (χ3v) is 4.65. The number of amides is 1. The van der Waals surface area contributed by atoms with Gasteiger partial charge in [0, 0.05) is 24.1 Å². The Morgan fingerprint density at radius 2 is 1.79 bits per heavy atom. The molecule has 7 heteroatoms. The highest BCUT2D eigenvalue weighted by Crippen LogP contribution is 2.36. The molecule has 0 saturated carbocycles. The van der Waals surface area contributed by atoms with E-state index in [0.717, 1.165) is 11.3 Å². The highest BCUT2D eigenvalue weighted by Gasteiger charge is 2.33. The summed E-state index contributed by atoms with van der Waals surface area (Å²) in [5.74, 6) is -0.0570. The number of ketones is 2. The zero-order valence-electron chi connectivity index (χ0n) is 12.5. The van der Waals surface area contributed by atoms with Gasteiger partial charge < -0.3 is 4.42 Å². The lowest BCUT2D eigenvalue weighted by Gasteiger charge is -2.11. The first-order valence-electron chi connectivity index (χ1n) is 7.11. The van der Waals surface area contributed by atoms with E-state index < -0.39 is 0 Å². The molecule has 1 aliphatic carbocycles. The summed E-state index contributed by atoms with van der Waals surface area (Å²) < 4.78 is 5.50. The Kier molecular flexibility index (Phi) is 3.17. The second-order valence-corrected chi connectivity index (χ2v) is 6.24. The monoisotopic (exact) mass is 338 g/mol. The molecule has 4 rings (SSSR count). The van der Waals surface area contributed by atoms with Crippen LogP contribution in [0.1, 0.15) is 38.2 Å². The first kappa shape index (κ1) is 14.5. The largest absolute Gasteiger partial charge is 0.438 e. The first-order chi connectivity index (χ1) is 11.5. The predicted octanol–water partition coefficient (Wildman–Crippen LogP) is 3.14. The van der Waals surface area contributed by atoms with Gasteiger partial charge in [-0.25, -0.2) is 4.98 Å². The van der Waals surface area contributed by atoms with Gasteiger partial charge in [-0.3, -0.25) is 19.7 Å². The van der Waals surface area contributed by atoms with Gasteiger partial charge in [0.2, 0.25) is 17.5 Å². The Labute approximate surface area is 140 Å². The van der Waals surface area contributed by atoms with Gasteiger partial charge in [0.05, 0.1) is 0 Å². The van der Waals surface area contributed by atoms with Crippen molar-refractivity contribution in [1.29, 1.82) is 0 Å². The second-order valence-electron chi connectivity index (χ2n) is 5.25. The summed E-state index contributed by atoms with van der Waals surface area (Å²) >= 11 is 1.11. The molecule has 118 valence electrons. The maximum Gasteiger partial charge on any atom is 0.223 e. The lowest BCUT2D eigenvalue weighted by Crippen LogP contribution is -2.19. The van der Waals surface area contributed by atoms with Crippen molar-refractivity contribution in [2.45, 2.75) is 6.92 Å². The van der Waals surface area contributed by atoms with E-state index in [1.807, 2.05) is 0 Å². The highest BCUT2D eigenvalue weighted by atomic mass is 32.1. The fourth-order valence-corrected chi connectivity index (χ4v) is 3.53. The SMILES string of the molecule is CC(=O)Nc1ccc(-c2nc3c(s2)C(=O)c2ccccc2C3=O)o1. The van der Waals surface area contributed by atoms with Crippen molar-refractivity contribution in [3.8, 4) is 10.8 Å². The molecule has 0 radical (unpaired) electrons. The van der Waals surface area contributed by atoms with Crippen LogP contribution >= 0.6 is 11.3 Å². The van der Waals surface area contributed by atoms with Crippen molar-refractivity contribution in [2.75, 3.05) is 5.32 Å². The summed E-state index contributed by atoms with van der Waals surface area (Å²) in [5, 5.41) is 2.95. The topological polar surface area (TPSA) is 89.3 Å². The van der Waals surface area contributed by atoms with Crippen molar-refractivity contribution in [3.05, 3.63) is 58.1 Å². The van der Waals surface area contributed by atoms with E-state index in [1.165, 1.54) is 6.92 Å². The predicted molar refractivity (Wildman–Crippen MR) is 87.4 cm³/mol. The smallest absolute Gasteiger partial charge is 0.223 e. The maximum absolute atomic E-state index is 12.6. The summed E-state index contributed by atoms with van der Waals surface area (Å²) in [5.41, 5.74) is 0.907. The summed E-state index contributed by atoms with van der Waals surface area (Å²) in [4.78, 5) is 40.8. The van der Waals surface area contributed by atoms with Crippen LogP contribution in [0, 0.1) is 0 Å².